The molecule has 0 atom stereocenters. The molecule has 0 bridgehead atoms. The highest BCUT2D eigenvalue weighted by molar-refractivity contribution is 5.94. The van der Waals surface area contributed by atoms with E-state index in [0.717, 1.165) is 37.4 Å². The molecule has 1 aromatic heterocycles. The van der Waals surface area contributed by atoms with Crippen LogP contribution in [0.1, 0.15) is 23.0 Å². The van der Waals surface area contributed by atoms with Crippen LogP contribution in [0.25, 0.3) is 0 Å². The van der Waals surface area contributed by atoms with E-state index in [9.17, 15) is 14.4 Å². The fourth-order valence-corrected chi connectivity index (χ4v) is 3.23. The molecule has 2 aromatic rings. The third-order valence-electron chi connectivity index (χ3n) is 4.81. The Morgan fingerprint density at radius 3 is 2.27 bits per heavy atom. The lowest BCUT2D eigenvalue weighted by molar-refractivity contribution is 0.101. The molecule has 0 spiro atoms. The number of ketones is 1. The number of aryl methyl sites for hydroxylation is 1. The van der Waals surface area contributed by atoms with Crippen molar-refractivity contribution in [1.29, 1.82) is 0 Å². The number of benzene rings is 1. The van der Waals surface area contributed by atoms with E-state index in [-0.39, 0.29) is 17.0 Å². The van der Waals surface area contributed by atoms with Crippen molar-refractivity contribution in [2.45, 2.75) is 20.4 Å². The minimum absolute atomic E-state index is 0.0719. The number of hydrogen-bond donors (Lipinski definition) is 1. The van der Waals surface area contributed by atoms with Gasteiger partial charge in [-0.25, -0.2) is 4.79 Å². The molecule has 1 fully saturated rings. The lowest BCUT2D eigenvalue weighted by atomic mass is 10.1. The van der Waals surface area contributed by atoms with Gasteiger partial charge in [-0.3, -0.25) is 19.1 Å². The summed E-state index contributed by atoms with van der Waals surface area (Å²) in [6.07, 6.45) is 0. The highest BCUT2D eigenvalue weighted by atomic mass is 16.2. The zero-order chi connectivity index (χ0) is 18.7. The van der Waals surface area contributed by atoms with Crippen LogP contribution in [-0.2, 0) is 6.54 Å². The number of H-pyrrole nitrogens is 1. The number of piperazine rings is 1. The average Bonchev–Trinajstić information content (AvgIpc) is 2.61. The summed E-state index contributed by atoms with van der Waals surface area (Å²) in [4.78, 5) is 42.4. The minimum Gasteiger partial charge on any atom is -0.369 e. The van der Waals surface area contributed by atoms with Crippen LogP contribution in [0.3, 0.4) is 0 Å². The van der Waals surface area contributed by atoms with E-state index in [1.165, 1.54) is 10.6 Å². The monoisotopic (exact) mass is 356 g/mol. The van der Waals surface area contributed by atoms with Crippen LogP contribution in [-0.4, -0.2) is 53.0 Å². The lowest BCUT2D eigenvalue weighted by Gasteiger charge is -2.36. The topological polar surface area (TPSA) is 78.4 Å². The summed E-state index contributed by atoms with van der Waals surface area (Å²) in [5.41, 5.74) is 1.82. The Morgan fingerprint density at radius 1 is 1.04 bits per heavy atom. The van der Waals surface area contributed by atoms with Crippen molar-refractivity contribution < 1.29 is 4.79 Å². The number of carbonyl (C=O) groups excluding carboxylic acids is 1. The van der Waals surface area contributed by atoms with Gasteiger partial charge in [-0.1, -0.05) is 0 Å². The first-order valence-corrected chi connectivity index (χ1v) is 8.83. The SMILES string of the molecule is CC(=O)c1ccc(N2CCN(CCn3c(=O)cc(C)[nH]c3=O)CC2)cc1. The molecule has 0 amide bonds. The van der Waals surface area contributed by atoms with Gasteiger partial charge in [0.1, 0.15) is 0 Å². The number of anilines is 1. The van der Waals surface area contributed by atoms with E-state index in [2.05, 4.69) is 14.8 Å². The molecule has 7 nitrogen and oxygen atoms in total. The van der Waals surface area contributed by atoms with Crippen LogP contribution < -0.4 is 16.1 Å². The van der Waals surface area contributed by atoms with E-state index < -0.39 is 0 Å². The summed E-state index contributed by atoms with van der Waals surface area (Å²) in [6.45, 7) is 7.82. The molecular formula is C19H24N4O3. The van der Waals surface area contributed by atoms with Crippen molar-refractivity contribution in [2.24, 2.45) is 0 Å². The smallest absolute Gasteiger partial charge is 0.328 e. The van der Waals surface area contributed by atoms with Gasteiger partial charge in [0.05, 0.1) is 0 Å². The third-order valence-corrected chi connectivity index (χ3v) is 4.81. The van der Waals surface area contributed by atoms with Crippen LogP contribution in [0.2, 0.25) is 0 Å². The molecule has 1 N–H and O–H groups in total. The number of nitrogens with one attached hydrogen (secondary N) is 1. The van der Waals surface area contributed by atoms with Crippen molar-refractivity contribution in [3.63, 3.8) is 0 Å². The molecule has 0 saturated carbocycles. The second-order valence-corrected chi connectivity index (χ2v) is 6.68. The predicted molar refractivity (Wildman–Crippen MR) is 101 cm³/mol. The van der Waals surface area contributed by atoms with Gasteiger partial charge < -0.3 is 9.88 Å². The van der Waals surface area contributed by atoms with Crippen molar-refractivity contribution in [3.05, 3.63) is 62.4 Å². The Bertz CT molecular complexity index is 859. The van der Waals surface area contributed by atoms with Crippen LogP contribution >= 0.6 is 0 Å². The molecule has 7 heteroatoms. The average molecular weight is 356 g/mol. The second-order valence-electron chi connectivity index (χ2n) is 6.68. The Morgan fingerprint density at radius 2 is 1.69 bits per heavy atom. The van der Waals surface area contributed by atoms with Crippen molar-refractivity contribution >= 4 is 11.5 Å². The summed E-state index contributed by atoms with van der Waals surface area (Å²) in [5.74, 6) is 0.0719. The first kappa shape index (κ1) is 18.1. The molecule has 0 unspecified atom stereocenters. The molecule has 1 aliphatic heterocycles. The van der Waals surface area contributed by atoms with Crippen LogP contribution in [0, 0.1) is 6.92 Å². The van der Waals surface area contributed by atoms with E-state index in [1.54, 1.807) is 13.8 Å². The number of Topliss-reactive ketones (excluding diaryl/α,β-unsaturated/α-hetero) is 1. The molecule has 138 valence electrons. The van der Waals surface area contributed by atoms with Crippen molar-refractivity contribution in [3.8, 4) is 0 Å². The van der Waals surface area contributed by atoms with Gasteiger partial charge in [0.2, 0.25) is 0 Å². The summed E-state index contributed by atoms with van der Waals surface area (Å²) in [7, 11) is 0. The standard InChI is InChI=1S/C19H24N4O3/c1-14-13-18(25)23(19(26)20-14)12-9-21-7-10-22(11-8-21)17-5-3-16(4-6-17)15(2)24/h3-6,13H,7-12H2,1-2H3,(H,20,26). The molecular weight excluding hydrogens is 332 g/mol. The maximum atomic E-state index is 11.9. The summed E-state index contributed by atoms with van der Waals surface area (Å²) < 4.78 is 1.25. The second kappa shape index (κ2) is 7.70. The Balaban J connectivity index is 1.55. The molecule has 3 rings (SSSR count). The van der Waals surface area contributed by atoms with Gasteiger partial charge in [0, 0.05) is 62.3 Å². The van der Waals surface area contributed by atoms with Gasteiger partial charge in [-0.05, 0) is 38.1 Å². The largest absolute Gasteiger partial charge is 0.369 e. The molecule has 0 aliphatic carbocycles. The zero-order valence-corrected chi connectivity index (χ0v) is 15.2. The predicted octanol–water partition coefficient (Wildman–Crippen LogP) is 0.870. The van der Waals surface area contributed by atoms with E-state index in [0.29, 0.717) is 18.8 Å². The van der Waals surface area contributed by atoms with Gasteiger partial charge >= 0.3 is 5.69 Å². The zero-order valence-electron chi connectivity index (χ0n) is 15.2. The van der Waals surface area contributed by atoms with Gasteiger partial charge in [0.15, 0.2) is 5.78 Å². The van der Waals surface area contributed by atoms with Gasteiger partial charge in [-0.15, -0.1) is 0 Å². The van der Waals surface area contributed by atoms with E-state index in [4.69, 9.17) is 0 Å². The normalized spacial score (nSPS) is 15.2. The summed E-state index contributed by atoms with van der Waals surface area (Å²) >= 11 is 0. The maximum absolute atomic E-state index is 11.9. The maximum Gasteiger partial charge on any atom is 0.328 e. The number of aromatic amines is 1. The molecule has 26 heavy (non-hydrogen) atoms. The van der Waals surface area contributed by atoms with Gasteiger partial charge in [-0.2, -0.15) is 0 Å². The van der Waals surface area contributed by atoms with Crippen LogP contribution in [0.15, 0.2) is 39.9 Å². The Labute approximate surface area is 151 Å². The highest BCUT2D eigenvalue weighted by Crippen LogP contribution is 2.17. The van der Waals surface area contributed by atoms with Crippen LogP contribution in [0.4, 0.5) is 5.69 Å². The number of rotatable bonds is 5. The van der Waals surface area contributed by atoms with Gasteiger partial charge in [0.25, 0.3) is 5.56 Å². The lowest BCUT2D eigenvalue weighted by Crippen LogP contribution is -2.48. The molecule has 1 aliphatic rings. The first-order valence-electron chi connectivity index (χ1n) is 8.83. The summed E-state index contributed by atoms with van der Waals surface area (Å²) in [6, 6.07) is 9.14. The molecule has 1 aromatic carbocycles. The minimum atomic E-state index is -0.348. The first-order chi connectivity index (χ1) is 12.4. The highest BCUT2D eigenvalue weighted by Gasteiger charge is 2.17. The van der Waals surface area contributed by atoms with E-state index >= 15 is 0 Å². The molecule has 2 heterocycles. The molecule has 1 saturated heterocycles. The fourth-order valence-electron chi connectivity index (χ4n) is 3.23. The Hall–Kier alpha value is -2.67. The number of hydrogen-bond acceptors (Lipinski definition) is 5. The molecule has 0 radical (unpaired) electrons. The Kier molecular flexibility index (Phi) is 5.37. The third kappa shape index (κ3) is 4.11. The quantitative estimate of drug-likeness (QED) is 0.805. The number of carbonyl (C=O) groups is 1. The van der Waals surface area contributed by atoms with Crippen LogP contribution in [0.5, 0.6) is 0 Å². The van der Waals surface area contributed by atoms with E-state index in [1.807, 2.05) is 24.3 Å². The number of nitrogens with zero attached hydrogens (tertiary/aromatic N) is 3. The van der Waals surface area contributed by atoms with Crippen molar-refractivity contribution in [2.75, 3.05) is 37.6 Å². The summed E-state index contributed by atoms with van der Waals surface area (Å²) in [5, 5.41) is 0. The fraction of sp³-hybridized carbons (Fsp3) is 0.421. The van der Waals surface area contributed by atoms with Crippen molar-refractivity contribution in [1.82, 2.24) is 14.5 Å². The number of aromatic nitrogens is 2.